The zero-order valence-electron chi connectivity index (χ0n) is 11.5. The summed E-state index contributed by atoms with van der Waals surface area (Å²) in [7, 11) is 1.35. The number of nitrogens with one attached hydrogen (secondary N) is 1. The van der Waals surface area contributed by atoms with Gasteiger partial charge in [-0.05, 0) is 12.1 Å². The minimum absolute atomic E-state index is 0.415. The summed E-state index contributed by atoms with van der Waals surface area (Å²) in [5.41, 5.74) is 0.415. The van der Waals surface area contributed by atoms with Crippen LogP contribution in [0.1, 0.15) is 10.4 Å². The maximum Gasteiger partial charge on any atom is 0.251 e. The molecule has 0 aliphatic carbocycles. The van der Waals surface area contributed by atoms with Gasteiger partial charge in [-0.2, -0.15) is 0 Å². The summed E-state index contributed by atoms with van der Waals surface area (Å²) < 4.78 is 10.4. The molecule has 1 aliphatic heterocycles. The second-order valence-corrected chi connectivity index (χ2v) is 4.81. The monoisotopic (exact) mass is 297 g/mol. The number of ether oxygens (including phenoxy) is 2. The van der Waals surface area contributed by atoms with E-state index in [0.29, 0.717) is 5.56 Å². The van der Waals surface area contributed by atoms with E-state index in [0.717, 1.165) is 0 Å². The van der Waals surface area contributed by atoms with Crippen molar-refractivity contribution < 1.29 is 29.6 Å². The Morgan fingerprint density at radius 2 is 1.95 bits per heavy atom. The second-order valence-electron chi connectivity index (χ2n) is 4.81. The number of aliphatic hydroxyl groups is 3. The van der Waals surface area contributed by atoms with Crippen molar-refractivity contribution in [3.8, 4) is 0 Å². The molecule has 1 aromatic rings. The minimum Gasteiger partial charge on any atom is -0.394 e. The van der Waals surface area contributed by atoms with Gasteiger partial charge in [0.2, 0.25) is 0 Å². The van der Waals surface area contributed by atoms with Gasteiger partial charge in [0.1, 0.15) is 24.4 Å². The summed E-state index contributed by atoms with van der Waals surface area (Å²) in [5, 5.41) is 31.6. The highest BCUT2D eigenvalue weighted by Gasteiger charge is 2.45. The maximum absolute atomic E-state index is 12.1. The van der Waals surface area contributed by atoms with Crippen LogP contribution < -0.4 is 5.32 Å². The van der Waals surface area contributed by atoms with Gasteiger partial charge in [0.25, 0.3) is 5.91 Å². The first-order valence-electron chi connectivity index (χ1n) is 6.59. The predicted octanol–water partition coefficient (Wildman–Crippen LogP) is -1.13. The van der Waals surface area contributed by atoms with Gasteiger partial charge in [-0.1, -0.05) is 18.2 Å². The number of hydrogen-bond acceptors (Lipinski definition) is 6. The standard InChI is InChI=1S/C14H19NO6/c1-20-14-10(12(18)11(17)9(7-16)21-14)15-13(19)8-5-3-2-4-6-8/h2-6,9-12,14,16-18H,7H2,1H3,(H,15,19)/t9-,10-,11-,12+,14-/m1/s1. The number of hydrogen-bond donors (Lipinski definition) is 4. The normalized spacial score (nSPS) is 32.7. The lowest BCUT2D eigenvalue weighted by molar-refractivity contribution is -0.261. The van der Waals surface area contributed by atoms with Crippen LogP contribution in [0.25, 0.3) is 0 Å². The van der Waals surface area contributed by atoms with Gasteiger partial charge in [-0.3, -0.25) is 4.79 Å². The summed E-state index contributed by atoms with van der Waals surface area (Å²) in [6, 6.07) is 7.52. The zero-order chi connectivity index (χ0) is 15.4. The molecule has 21 heavy (non-hydrogen) atoms. The van der Waals surface area contributed by atoms with Crippen molar-refractivity contribution in [3.63, 3.8) is 0 Å². The lowest BCUT2D eigenvalue weighted by Gasteiger charge is -2.41. The molecule has 7 nitrogen and oxygen atoms in total. The Labute approximate surface area is 122 Å². The van der Waals surface area contributed by atoms with Gasteiger partial charge in [-0.15, -0.1) is 0 Å². The van der Waals surface area contributed by atoms with Gasteiger partial charge in [-0.25, -0.2) is 0 Å². The quantitative estimate of drug-likeness (QED) is 0.560. The average Bonchev–Trinajstić information content (AvgIpc) is 2.53. The molecule has 1 saturated heterocycles. The Hall–Kier alpha value is -1.51. The summed E-state index contributed by atoms with van der Waals surface area (Å²) in [6.45, 7) is -0.461. The topological polar surface area (TPSA) is 108 Å². The summed E-state index contributed by atoms with van der Waals surface area (Å²) in [5.74, 6) is -0.417. The van der Waals surface area contributed by atoms with Crippen molar-refractivity contribution >= 4 is 5.91 Å². The Morgan fingerprint density at radius 1 is 1.29 bits per heavy atom. The Bertz CT molecular complexity index is 466. The van der Waals surface area contributed by atoms with E-state index < -0.39 is 43.2 Å². The molecule has 2 rings (SSSR count). The molecule has 0 unspecified atom stereocenters. The Balaban J connectivity index is 2.11. The van der Waals surface area contributed by atoms with E-state index in [1.54, 1.807) is 30.3 Å². The fraction of sp³-hybridized carbons (Fsp3) is 0.500. The van der Waals surface area contributed by atoms with Crippen LogP contribution in [0, 0.1) is 0 Å². The minimum atomic E-state index is -1.32. The molecule has 7 heteroatoms. The summed E-state index contributed by atoms with van der Waals surface area (Å²) in [6.07, 6.45) is -4.56. The molecule has 1 amide bonds. The van der Waals surface area contributed by atoms with E-state index in [1.165, 1.54) is 7.11 Å². The first-order chi connectivity index (χ1) is 10.1. The van der Waals surface area contributed by atoms with Crippen molar-refractivity contribution in [2.45, 2.75) is 30.6 Å². The van der Waals surface area contributed by atoms with E-state index in [-0.39, 0.29) is 0 Å². The highest BCUT2D eigenvalue weighted by atomic mass is 16.7. The first kappa shape index (κ1) is 15.9. The fourth-order valence-electron chi connectivity index (χ4n) is 2.26. The van der Waals surface area contributed by atoms with Crippen LogP contribution in [0.4, 0.5) is 0 Å². The van der Waals surface area contributed by atoms with Crippen LogP contribution in [0.2, 0.25) is 0 Å². The molecular weight excluding hydrogens is 278 g/mol. The lowest BCUT2D eigenvalue weighted by Crippen LogP contribution is -2.64. The molecular formula is C14H19NO6. The highest BCUT2D eigenvalue weighted by molar-refractivity contribution is 5.94. The van der Waals surface area contributed by atoms with Gasteiger partial charge >= 0.3 is 0 Å². The molecule has 1 fully saturated rings. The van der Waals surface area contributed by atoms with Crippen LogP contribution in [0.15, 0.2) is 30.3 Å². The van der Waals surface area contributed by atoms with Crippen molar-refractivity contribution in [3.05, 3.63) is 35.9 Å². The molecule has 1 heterocycles. The van der Waals surface area contributed by atoms with Gasteiger partial charge in [0.15, 0.2) is 6.29 Å². The van der Waals surface area contributed by atoms with Gasteiger partial charge < -0.3 is 30.1 Å². The number of carbonyl (C=O) groups is 1. The van der Waals surface area contributed by atoms with Crippen LogP contribution in [0.5, 0.6) is 0 Å². The van der Waals surface area contributed by atoms with E-state index in [2.05, 4.69) is 5.32 Å². The van der Waals surface area contributed by atoms with E-state index in [1.807, 2.05) is 0 Å². The molecule has 0 bridgehead atoms. The van der Waals surface area contributed by atoms with Crippen molar-refractivity contribution in [2.24, 2.45) is 0 Å². The van der Waals surface area contributed by atoms with Gasteiger partial charge in [0.05, 0.1) is 6.61 Å². The number of rotatable bonds is 4. The van der Waals surface area contributed by atoms with E-state index in [4.69, 9.17) is 14.6 Å². The maximum atomic E-state index is 12.1. The van der Waals surface area contributed by atoms with Crippen molar-refractivity contribution in [1.82, 2.24) is 5.32 Å². The average molecular weight is 297 g/mol. The molecule has 0 saturated carbocycles. The van der Waals surface area contributed by atoms with Crippen LogP contribution >= 0.6 is 0 Å². The number of benzene rings is 1. The molecule has 0 aromatic heterocycles. The molecule has 4 N–H and O–H groups in total. The fourth-order valence-corrected chi connectivity index (χ4v) is 2.26. The third-order valence-electron chi connectivity index (χ3n) is 3.45. The molecule has 5 atom stereocenters. The third-order valence-corrected chi connectivity index (χ3v) is 3.45. The largest absolute Gasteiger partial charge is 0.394 e. The van der Waals surface area contributed by atoms with Crippen LogP contribution in [-0.4, -0.2) is 65.6 Å². The van der Waals surface area contributed by atoms with Crippen LogP contribution in [0.3, 0.4) is 0 Å². The third kappa shape index (κ3) is 3.39. The SMILES string of the molecule is CO[C@@H]1O[C@H](CO)[C@@H](O)[C@@H](O)[C@H]1NC(=O)c1ccccc1. The van der Waals surface area contributed by atoms with Crippen LogP contribution in [-0.2, 0) is 9.47 Å². The van der Waals surface area contributed by atoms with Gasteiger partial charge in [0, 0.05) is 12.7 Å². The summed E-state index contributed by atoms with van der Waals surface area (Å²) in [4.78, 5) is 12.1. The number of carbonyl (C=O) groups excluding carboxylic acids is 1. The van der Waals surface area contributed by atoms with Crippen molar-refractivity contribution in [2.75, 3.05) is 13.7 Å². The molecule has 1 aliphatic rings. The number of amides is 1. The van der Waals surface area contributed by atoms with E-state index in [9.17, 15) is 15.0 Å². The molecule has 0 spiro atoms. The van der Waals surface area contributed by atoms with Crippen molar-refractivity contribution in [1.29, 1.82) is 0 Å². The Kier molecular flexibility index (Phi) is 5.27. The predicted molar refractivity (Wildman–Crippen MR) is 72.5 cm³/mol. The number of methoxy groups -OCH3 is 1. The van der Waals surface area contributed by atoms with E-state index >= 15 is 0 Å². The smallest absolute Gasteiger partial charge is 0.251 e. The molecule has 1 aromatic carbocycles. The lowest BCUT2D eigenvalue weighted by atomic mass is 9.96. The molecule has 0 radical (unpaired) electrons. The summed E-state index contributed by atoms with van der Waals surface area (Å²) >= 11 is 0. The molecule has 116 valence electrons. The second kappa shape index (κ2) is 6.97. The Morgan fingerprint density at radius 3 is 2.52 bits per heavy atom. The zero-order valence-corrected chi connectivity index (χ0v) is 11.5. The highest BCUT2D eigenvalue weighted by Crippen LogP contribution is 2.22. The number of aliphatic hydroxyl groups excluding tert-OH is 3. The first-order valence-corrected chi connectivity index (χ1v) is 6.59.